The van der Waals surface area contributed by atoms with Crippen molar-refractivity contribution in [2.24, 2.45) is 0 Å². The summed E-state index contributed by atoms with van der Waals surface area (Å²) < 4.78 is 31.6. The molecule has 0 spiro atoms. The maximum absolute atomic E-state index is 13.5. The van der Waals surface area contributed by atoms with Gasteiger partial charge in [-0.05, 0) is 19.4 Å². The number of carbonyl (C=O) groups excluding carboxylic acids is 1. The number of anilines is 1. The molecule has 21 heavy (non-hydrogen) atoms. The van der Waals surface area contributed by atoms with Crippen LogP contribution in [0, 0.1) is 11.6 Å². The van der Waals surface area contributed by atoms with Crippen molar-refractivity contribution < 1.29 is 28.2 Å². The van der Waals surface area contributed by atoms with Gasteiger partial charge in [-0.25, -0.2) is 18.4 Å². The Kier molecular flexibility index (Phi) is 6.04. The molecule has 0 aliphatic rings. The number of hydrogen-bond donors (Lipinski definition) is 3. The van der Waals surface area contributed by atoms with Crippen molar-refractivity contribution in [3.63, 3.8) is 0 Å². The first-order chi connectivity index (χ1) is 9.85. The number of halogens is 2. The van der Waals surface area contributed by atoms with Gasteiger partial charge >= 0.3 is 12.0 Å². The summed E-state index contributed by atoms with van der Waals surface area (Å²) in [6.07, 6.45) is 0.552. The van der Waals surface area contributed by atoms with Gasteiger partial charge < -0.3 is 20.5 Å². The van der Waals surface area contributed by atoms with Crippen LogP contribution in [0.1, 0.15) is 23.7 Å². The summed E-state index contributed by atoms with van der Waals surface area (Å²) in [5, 5.41) is 13.4. The van der Waals surface area contributed by atoms with Crippen LogP contribution in [-0.2, 0) is 4.74 Å². The Morgan fingerprint density at radius 1 is 1.33 bits per heavy atom. The van der Waals surface area contributed by atoms with Crippen molar-refractivity contribution in [1.29, 1.82) is 0 Å². The molecule has 116 valence electrons. The standard InChI is InChI=1S/C13H16F2N2O4/c1-7(3-4-21-2)16-13(20)17-11-5-8(12(18)19)9(14)6-10(11)15/h5-7H,3-4H2,1-2H3,(H,18,19)(H2,16,17,20). The Balaban J connectivity index is 2.76. The van der Waals surface area contributed by atoms with Crippen LogP contribution in [0.2, 0.25) is 0 Å². The lowest BCUT2D eigenvalue weighted by molar-refractivity contribution is 0.0691. The van der Waals surface area contributed by atoms with E-state index in [0.29, 0.717) is 19.1 Å². The van der Waals surface area contributed by atoms with Crippen molar-refractivity contribution in [2.45, 2.75) is 19.4 Å². The summed E-state index contributed by atoms with van der Waals surface area (Å²) in [6, 6.07) is 0.188. The first-order valence-corrected chi connectivity index (χ1v) is 6.14. The third-order valence-electron chi connectivity index (χ3n) is 2.67. The zero-order chi connectivity index (χ0) is 16.0. The number of aromatic carboxylic acids is 1. The molecular weight excluding hydrogens is 286 g/mol. The summed E-state index contributed by atoms with van der Waals surface area (Å²) in [4.78, 5) is 22.4. The fourth-order valence-electron chi connectivity index (χ4n) is 1.56. The van der Waals surface area contributed by atoms with Gasteiger partial charge in [0.25, 0.3) is 0 Å². The first-order valence-electron chi connectivity index (χ1n) is 6.14. The summed E-state index contributed by atoms with van der Waals surface area (Å²) in [5.41, 5.74) is -1.13. The highest BCUT2D eigenvalue weighted by atomic mass is 19.1. The average Bonchev–Trinajstić information content (AvgIpc) is 2.39. The molecule has 0 saturated carbocycles. The molecule has 0 saturated heterocycles. The largest absolute Gasteiger partial charge is 0.478 e. The maximum Gasteiger partial charge on any atom is 0.338 e. The summed E-state index contributed by atoms with van der Waals surface area (Å²) in [7, 11) is 1.52. The maximum atomic E-state index is 13.5. The van der Waals surface area contributed by atoms with E-state index in [1.807, 2.05) is 0 Å². The molecule has 0 aliphatic carbocycles. The number of urea groups is 1. The third-order valence-corrected chi connectivity index (χ3v) is 2.67. The van der Waals surface area contributed by atoms with Gasteiger partial charge in [0.15, 0.2) is 0 Å². The molecule has 6 nitrogen and oxygen atoms in total. The number of carboxylic acids is 1. The second kappa shape index (κ2) is 7.53. The Labute approximate surface area is 120 Å². The van der Waals surface area contributed by atoms with E-state index in [0.717, 1.165) is 6.07 Å². The van der Waals surface area contributed by atoms with E-state index in [-0.39, 0.29) is 6.04 Å². The number of hydrogen-bond acceptors (Lipinski definition) is 3. The molecule has 8 heteroatoms. The molecule has 0 heterocycles. The third kappa shape index (κ3) is 4.99. The van der Waals surface area contributed by atoms with Gasteiger partial charge in [0, 0.05) is 25.8 Å². The van der Waals surface area contributed by atoms with E-state index in [1.165, 1.54) is 7.11 Å². The van der Waals surface area contributed by atoms with Crippen molar-refractivity contribution in [3.05, 3.63) is 29.3 Å². The number of benzene rings is 1. The van der Waals surface area contributed by atoms with Gasteiger partial charge in [0.2, 0.25) is 0 Å². The van der Waals surface area contributed by atoms with E-state index < -0.39 is 34.9 Å². The first kappa shape index (κ1) is 16.8. The fraction of sp³-hybridized carbons (Fsp3) is 0.385. The zero-order valence-electron chi connectivity index (χ0n) is 11.6. The minimum atomic E-state index is -1.55. The highest BCUT2D eigenvalue weighted by Gasteiger charge is 2.17. The number of methoxy groups -OCH3 is 1. The molecule has 1 rings (SSSR count). The quantitative estimate of drug-likeness (QED) is 0.752. The highest BCUT2D eigenvalue weighted by Crippen LogP contribution is 2.19. The van der Waals surface area contributed by atoms with Crippen LogP contribution < -0.4 is 10.6 Å². The molecule has 0 fully saturated rings. The van der Waals surface area contributed by atoms with Crippen LogP contribution in [0.4, 0.5) is 19.3 Å². The van der Waals surface area contributed by atoms with Gasteiger partial charge in [0.1, 0.15) is 11.6 Å². The molecular formula is C13H16F2N2O4. The van der Waals surface area contributed by atoms with Crippen LogP contribution in [0.3, 0.4) is 0 Å². The molecule has 0 bridgehead atoms. The average molecular weight is 302 g/mol. The zero-order valence-corrected chi connectivity index (χ0v) is 11.6. The SMILES string of the molecule is COCCC(C)NC(=O)Nc1cc(C(=O)O)c(F)cc1F. The van der Waals surface area contributed by atoms with E-state index in [4.69, 9.17) is 9.84 Å². The van der Waals surface area contributed by atoms with Crippen LogP contribution in [0.25, 0.3) is 0 Å². The molecule has 1 unspecified atom stereocenters. The van der Waals surface area contributed by atoms with Crippen molar-refractivity contribution >= 4 is 17.7 Å². The Morgan fingerprint density at radius 2 is 2.00 bits per heavy atom. The summed E-state index contributed by atoms with van der Waals surface area (Å²) in [5.74, 6) is -3.82. The summed E-state index contributed by atoms with van der Waals surface area (Å²) in [6.45, 7) is 2.16. The lowest BCUT2D eigenvalue weighted by Gasteiger charge is -2.14. The molecule has 1 aromatic carbocycles. The predicted octanol–water partition coefficient (Wildman–Crippen LogP) is 2.21. The summed E-state index contributed by atoms with van der Waals surface area (Å²) >= 11 is 0. The molecule has 1 aromatic rings. The van der Waals surface area contributed by atoms with Crippen LogP contribution >= 0.6 is 0 Å². The van der Waals surface area contributed by atoms with Crippen molar-refractivity contribution in [2.75, 3.05) is 19.0 Å². The molecule has 3 N–H and O–H groups in total. The number of amides is 2. The number of carboxylic acid groups (broad SMARTS) is 1. The molecule has 1 atom stereocenters. The van der Waals surface area contributed by atoms with Crippen LogP contribution in [-0.4, -0.2) is 36.9 Å². The molecule has 0 radical (unpaired) electrons. The van der Waals surface area contributed by atoms with Gasteiger partial charge in [-0.15, -0.1) is 0 Å². The van der Waals surface area contributed by atoms with Gasteiger partial charge in [-0.1, -0.05) is 0 Å². The topological polar surface area (TPSA) is 87.7 Å². The Morgan fingerprint density at radius 3 is 2.57 bits per heavy atom. The number of rotatable bonds is 6. The normalized spacial score (nSPS) is 11.8. The molecule has 0 aliphatic heterocycles. The van der Waals surface area contributed by atoms with E-state index in [2.05, 4.69) is 10.6 Å². The van der Waals surface area contributed by atoms with E-state index in [9.17, 15) is 18.4 Å². The van der Waals surface area contributed by atoms with Gasteiger partial charge in [-0.3, -0.25) is 0 Å². The van der Waals surface area contributed by atoms with Crippen LogP contribution in [0.5, 0.6) is 0 Å². The van der Waals surface area contributed by atoms with E-state index >= 15 is 0 Å². The second-order valence-corrected chi connectivity index (χ2v) is 4.40. The molecule has 2 amide bonds. The highest BCUT2D eigenvalue weighted by molar-refractivity contribution is 5.93. The number of nitrogens with one attached hydrogen (secondary N) is 2. The smallest absolute Gasteiger partial charge is 0.338 e. The number of carbonyl (C=O) groups is 2. The lowest BCUT2D eigenvalue weighted by atomic mass is 10.2. The fourth-order valence-corrected chi connectivity index (χ4v) is 1.56. The Bertz CT molecular complexity index is 537. The van der Waals surface area contributed by atoms with Crippen molar-refractivity contribution in [1.82, 2.24) is 5.32 Å². The second-order valence-electron chi connectivity index (χ2n) is 4.40. The minimum Gasteiger partial charge on any atom is -0.478 e. The minimum absolute atomic E-state index is 0.229. The van der Waals surface area contributed by atoms with Crippen molar-refractivity contribution in [3.8, 4) is 0 Å². The predicted molar refractivity (Wildman–Crippen MR) is 71.4 cm³/mol. The number of ether oxygens (including phenoxy) is 1. The Hall–Kier alpha value is -2.22. The monoisotopic (exact) mass is 302 g/mol. The molecule has 0 aromatic heterocycles. The van der Waals surface area contributed by atoms with Gasteiger partial charge in [-0.2, -0.15) is 0 Å². The van der Waals surface area contributed by atoms with E-state index in [1.54, 1.807) is 6.92 Å². The van der Waals surface area contributed by atoms with Gasteiger partial charge in [0.05, 0.1) is 11.3 Å². The van der Waals surface area contributed by atoms with Crippen LogP contribution in [0.15, 0.2) is 12.1 Å². The lowest BCUT2D eigenvalue weighted by Crippen LogP contribution is -2.37.